The molecule has 0 spiro atoms. The average molecular weight is 565 g/mol. The summed E-state index contributed by atoms with van der Waals surface area (Å²) in [5.74, 6) is 0.0957. The molecule has 4 N–H and O–H groups in total. The normalized spacial score (nSPS) is 17.4. The lowest BCUT2D eigenvalue weighted by Gasteiger charge is -2.14. The van der Waals surface area contributed by atoms with Gasteiger partial charge in [-0.15, -0.1) is 0 Å². The number of carbonyl (C=O) groups is 1. The van der Waals surface area contributed by atoms with Crippen molar-refractivity contribution in [1.82, 2.24) is 0 Å². The smallest absolute Gasteiger partial charge is 0.334 e. The summed E-state index contributed by atoms with van der Waals surface area (Å²) >= 11 is 0. The number of rotatable bonds is 24. The Bertz CT molecular complexity index is 842. The Balaban J connectivity index is 1.32. The quantitative estimate of drug-likeness (QED) is 0.102. The first-order chi connectivity index (χ1) is 19.3. The molecule has 1 unspecified atom stereocenters. The Morgan fingerprint density at radius 3 is 1.98 bits per heavy atom. The Morgan fingerprint density at radius 1 is 0.775 bits per heavy atom. The molecular formula is C32H52O8. The van der Waals surface area contributed by atoms with Crippen molar-refractivity contribution in [3.63, 3.8) is 0 Å². The number of esters is 1. The van der Waals surface area contributed by atoms with Crippen LogP contribution in [0.2, 0.25) is 0 Å². The molecule has 2 rings (SSSR count). The molecule has 0 radical (unpaired) electrons. The summed E-state index contributed by atoms with van der Waals surface area (Å²) in [6.45, 7) is 3.13. The fourth-order valence-corrected chi connectivity index (χ4v) is 4.92. The number of hydrogen-bond acceptors (Lipinski definition) is 8. The SMILES string of the molecule is C[C@H]1C=C(CCCCCCCC(O)CCCC[C@H](O)COCCOC[C@@H](O)CCCc2cccc(O)c2)C(=O)O1. The van der Waals surface area contributed by atoms with Gasteiger partial charge in [-0.05, 0) is 82.1 Å². The molecule has 4 atom stereocenters. The molecule has 8 nitrogen and oxygen atoms in total. The topological polar surface area (TPSA) is 126 Å². The first-order valence-electron chi connectivity index (χ1n) is 15.2. The highest BCUT2D eigenvalue weighted by molar-refractivity contribution is 5.90. The summed E-state index contributed by atoms with van der Waals surface area (Å²) in [7, 11) is 0. The van der Waals surface area contributed by atoms with E-state index in [1.807, 2.05) is 25.1 Å². The lowest BCUT2D eigenvalue weighted by Crippen LogP contribution is -2.20. The summed E-state index contributed by atoms with van der Waals surface area (Å²) in [6, 6.07) is 7.16. The van der Waals surface area contributed by atoms with Crippen molar-refractivity contribution in [1.29, 1.82) is 0 Å². The highest BCUT2D eigenvalue weighted by atomic mass is 16.5. The Hall–Kier alpha value is -1.97. The van der Waals surface area contributed by atoms with Crippen LogP contribution in [0.5, 0.6) is 5.75 Å². The van der Waals surface area contributed by atoms with Gasteiger partial charge in [-0.1, -0.05) is 50.7 Å². The van der Waals surface area contributed by atoms with Gasteiger partial charge in [0.1, 0.15) is 11.9 Å². The van der Waals surface area contributed by atoms with E-state index in [2.05, 4.69) is 0 Å². The van der Waals surface area contributed by atoms with Gasteiger partial charge in [-0.25, -0.2) is 4.79 Å². The predicted molar refractivity (Wildman–Crippen MR) is 155 cm³/mol. The second kappa shape index (κ2) is 20.8. The van der Waals surface area contributed by atoms with E-state index >= 15 is 0 Å². The van der Waals surface area contributed by atoms with Crippen molar-refractivity contribution >= 4 is 5.97 Å². The van der Waals surface area contributed by atoms with Gasteiger partial charge in [0, 0.05) is 5.57 Å². The molecule has 0 saturated heterocycles. The van der Waals surface area contributed by atoms with Gasteiger partial charge in [-0.3, -0.25) is 0 Å². The molecule has 0 saturated carbocycles. The van der Waals surface area contributed by atoms with Gasteiger partial charge >= 0.3 is 5.97 Å². The minimum absolute atomic E-state index is 0.0852. The van der Waals surface area contributed by atoms with E-state index in [-0.39, 0.29) is 37.1 Å². The third-order valence-corrected chi connectivity index (χ3v) is 7.21. The van der Waals surface area contributed by atoms with Gasteiger partial charge in [0.25, 0.3) is 0 Å². The van der Waals surface area contributed by atoms with Crippen LogP contribution in [0, 0.1) is 0 Å². The van der Waals surface area contributed by atoms with Gasteiger partial charge in [-0.2, -0.15) is 0 Å². The summed E-state index contributed by atoms with van der Waals surface area (Å²) in [6.07, 6.45) is 12.8. The molecule has 0 aromatic heterocycles. The molecule has 0 amide bonds. The van der Waals surface area contributed by atoms with Crippen LogP contribution in [-0.2, 0) is 25.4 Å². The summed E-state index contributed by atoms with van der Waals surface area (Å²) in [5.41, 5.74) is 1.86. The lowest BCUT2D eigenvalue weighted by molar-refractivity contribution is -0.139. The molecule has 0 fully saturated rings. The molecule has 40 heavy (non-hydrogen) atoms. The van der Waals surface area contributed by atoms with E-state index in [1.54, 1.807) is 12.1 Å². The number of carbonyl (C=O) groups excluding carboxylic acids is 1. The third-order valence-electron chi connectivity index (χ3n) is 7.21. The Labute approximate surface area is 240 Å². The fourth-order valence-electron chi connectivity index (χ4n) is 4.92. The average Bonchev–Trinajstić information content (AvgIpc) is 3.24. The molecule has 1 aliphatic heterocycles. The molecule has 1 aromatic rings. The standard InChI is InChI=1S/C32H52O8/c1-25-21-27(32(37)40-25)13-5-3-2-4-6-14-28(33)15-7-8-16-30(35)23-38-19-20-39-24-31(36)18-10-12-26-11-9-17-29(34)22-26/h9,11,17,21-22,25,28,30-31,33-36H,2-8,10,12-16,18-20,23-24H2,1H3/t25-,28?,30-,31-/m0/s1. The van der Waals surface area contributed by atoms with Crippen LogP contribution in [0.3, 0.4) is 0 Å². The first kappa shape index (κ1) is 34.2. The maximum Gasteiger partial charge on any atom is 0.334 e. The zero-order valence-corrected chi connectivity index (χ0v) is 24.3. The molecule has 1 heterocycles. The number of aliphatic hydroxyl groups excluding tert-OH is 3. The van der Waals surface area contributed by atoms with Crippen molar-refractivity contribution in [2.45, 2.75) is 121 Å². The number of cyclic esters (lactones) is 1. The minimum atomic E-state index is -0.532. The van der Waals surface area contributed by atoms with Crippen molar-refractivity contribution in [2.75, 3.05) is 26.4 Å². The summed E-state index contributed by atoms with van der Waals surface area (Å²) < 4.78 is 16.1. The van der Waals surface area contributed by atoms with E-state index in [0.717, 1.165) is 88.2 Å². The lowest BCUT2D eigenvalue weighted by atomic mass is 10.0. The van der Waals surface area contributed by atoms with Crippen LogP contribution in [0.25, 0.3) is 0 Å². The van der Waals surface area contributed by atoms with Gasteiger partial charge in [0.2, 0.25) is 0 Å². The van der Waals surface area contributed by atoms with E-state index in [0.29, 0.717) is 26.1 Å². The van der Waals surface area contributed by atoms with Crippen LogP contribution in [-0.4, -0.2) is 77.2 Å². The summed E-state index contributed by atoms with van der Waals surface area (Å²) in [4.78, 5) is 11.6. The number of benzene rings is 1. The molecule has 228 valence electrons. The van der Waals surface area contributed by atoms with Crippen molar-refractivity contribution in [3.05, 3.63) is 41.5 Å². The molecular weight excluding hydrogens is 512 g/mol. The van der Waals surface area contributed by atoms with Crippen LogP contribution in [0.1, 0.15) is 96.0 Å². The number of ether oxygens (including phenoxy) is 3. The first-order valence-corrected chi connectivity index (χ1v) is 15.2. The maximum atomic E-state index is 11.6. The second-order valence-corrected chi connectivity index (χ2v) is 11.1. The molecule has 8 heteroatoms. The minimum Gasteiger partial charge on any atom is -0.508 e. The number of unbranched alkanes of at least 4 members (excludes halogenated alkanes) is 5. The molecule has 0 bridgehead atoms. The predicted octanol–water partition coefficient (Wildman–Crippen LogP) is 4.99. The zero-order chi connectivity index (χ0) is 29.0. The van der Waals surface area contributed by atoms with Crippen LogP contribution < -0.4 is 0 Å². The molecule has 1 aliphatic rings. The van der Waals surface area contributed by atoms with Crippen LogP contribution in [0.15, 0.2) is 35.9 Å². The third kappa shape index (κ3) is 16.3. The van der Waals surface area contributed by atoms with E-state index < -0.39 is 12.2 Å². The van der Waals surface area contributed by atoms with Crippen molar-refractivity contribution in [2.24, 2.45) is 0 Å². The number of aliphatic hydroxyl groups is 3. The number of phenols is 1. The molecule has 1 aromatic carbocycles. The number of phenolic OH excluding ortho intramolecular Hbond substituents is 1. The number of aryl methyl sites for hydroxylation is 1. The second-order valence-electron chi connectivity index (χ2n) is 11.1. The highest BCUT2D eigenvalue weighted by Crippen LogP contribution is 2.20. The maximum absolute atomic E-state index is 11.6. The van der Waals surface area contributed by atoms with Gasteiger partial charge in [0.15, 0.2) is 0 Å². The monoisotopic (exact) mass is 564 g/mol. The van der Waals surface area contributed by atoms with E-state index in [1.165, 1.54) is 0 Å². The molecule has 0 aliphatic carbocycles. The van der Waals surface area contributed by atoms with E-state index in [4.69, 9.17) is 14.2 Å². The fraction of sp³-hybridized carbons (Fsp3) is 0.719. The number of aromatic hydroxyl groups is 1. The van der Waals surface area contributed by atoms with Gasteiger partial charge < -0.3 is 34.6 Å². The highest BCUT2D eigenvalue weighted by Gasteiger charge is 2.21. The van der Waals surface area contributed by atoms with Crippen molar-refractivity contribution < 1.29 is 39.4 Å². The largest absolute Gasteiger partial charge is 0.508 e. The van der Waals surface area contributed by atoms with E-state index in [9.17, 15) is 25.2 Å². The summed E-state index contributed by atoms with van der Waals surface area (Å²) in [5, 5.41) is 39.8. The number of hydrogen-bond donors (Lipinski definition) is 4. The Morgan fingerprint density at radius 2 is 1.35 bits per heavy atom. The zero-order valence-electron chi connectivity index (χ0n) is 24.3. The van der Waals surface area contributed by atoms with Gasteiger partial charge in [0.05, 0.1) is 44.7 Å². The van der Waals surface area contributed by atoms with Crippen LogP contribution in [0.4, 0.5) is 0 Å². The van der Waals surface area contributed by atoms with Crippen LogP contribution >= 0.6 is 0 Å². The Kier molecular flexibility index (Phi) is 17.8. The van der Waals surface area contributed by atoms with Crippen molar-refractivity contribution in [3.8, 4) is 5.75 Å².